The van der Waals surface area contributed by atoms with E-state index in [0.717, 1.165) is 22.3 Å². The highest BCUT2D eigenvalue weighted by Gasteiger charge is 2.11. The standard InChI is InChI=1S/C17H14O3S/c1-20-16(19)10-9-14(12-18)17(15-8-5-11-21-15)13-6-3-2-4-7-13/h2-12H,1H3. The van der Waals surface area contributed by atoms with Crippen LogP contribution in [0.1, 0.15) is 10.4 Å². The Balaban J connectivity index is 2.56. The lowest BCUT2D eigenvalue weighted by molar-refractivity contribution is -0.134. The third-order valence-electron chi connectivity index (χ3n) is 2.85. The van der Waals surface area contributed by atoms with Crippen molar-refractivity contribution in [1.82, 2.24) is 0 Å². The van der Waals surface area contributed by atoms with E-state index in [4.69, 9.17) is 0 Å². The molecule has 1 aromatic heterocycles. The molecule has 0 fully saturated rings. The van der Waals surface area contributed by atoms with Crippen LogP contribution in [0.5, 0.6) is 0 Å². The SMILES string of the molecule is COC(=O)C=CC(C=O)=C(c1ccccc1)c1cccs1. The van der Waals surface area contributed by atoms with Crippen molar-refractivity contribution in [3.63, 3.8) is 0 Å². The predicted molar refractivity (Wildman–Crippen MR) is 84.0 cm³/mol. The van der Waals surface area contributed by atoms with Crippen molar-refractivity contribution in [2.24, 2.45) is 0 Å². The Morgan fingerprint density at radius 1 is 1.10 bits per heavy atom. The Bertz CT molecular complexity index is 667. The van der Waals surface area contributed by atoms with Gasteiger partial charge in [0, 0.05) is 22.1 Å². The van der Waals surface area contributed by atoms with Gasteiger partial charge in [-0.15, -0.1) is 11.3 Å². The lowest BCUT2D eigenvalue weighted by Crippen LogP contribution is -1.96. The summed E-state index contributed by atoms with van der Waals surface area (Å²) in [5, 5.41) is 1.95. The maximum Gasteiger partial charge on any atom is 0.330 e. The average Bonchev–Trinajstić information content (AvgIpc) is 3.05. The van der Waals surface area contributed by atoms with Gasteiger partial charge in [0.25, 0.3) is 0 Å². The fraction of sp³-hybridized carbons (Fsp3) is 0.0588. The molecule has 0 bridgehead atoms. The van der Waals surface area contributed by atoms with Gasteiger partial charge in [0.15, 0.2) is 6.29 Å². The molecule has 0 aliphatic heterocycles. The second-order valence-electron chi connectivity index (χ2n) is 4.15. The first-order valence-corrected chi connectivity index (χ1v) is 7.19. The van der Waals surface area contributed by atoms with E-state index in [1.54, 1.807) is 11.3 Å². The van der Waals surface area contributed by atoms with E-state index in [1.165, 1.54) is 19.3 Å². The largest absolute Gasteiger partial charge is 0.466 e. The normalized spacial score (nSPS) is 12.0. The third-order valence-corrected chi connectivity index (χ3v) is 3.73. The number of hydrogen-bond acceptors (Lipinski definition) is 4. The molecule has 0 atom stereocenters. The predicted octanol–water partition coefficient (Wildman–Crippen LogP) is 3.48. The summed E-state index contributed by atoms with van der Waals surface area (Å²) in [6.07, 6.45) is 3.49. The van der Waals surface area contributed by atoms with Crippen LogP contribution in [0.4, 0.5) is 0 Å². The number of carbonyl (C=O) groups excluding carboxylic acids is 2. The highest BCUT2D eigenvalue weighted by Crippen LogP contribution is 2.30. The highest BCUT2D eigenvalue weighted by atomic mass is 32.1. The lowest BCUT2D eigenvalue weighted by atomic mass is 9.98. The molecule has 2 aromatic rings. The molecule has 1 aromatic carbocycles. The summed E-state index contributed by atoms with van der Waals surface area (Å²) in [6, 6.07) is 13.5. The molecule has 0 radical (unpaired) electrons. The molecule has 0 aliphatic carbocycles. The highest BCUT2D eigenvalue weighted by molar-refractivity contribution is 7.11. The maximum absolute atomic E-state index is 11.5. The quantitative estimate of drug-likeness (QED) is 0.367. The van der Waals surface area contributed by atoms with Crippen LogP contribution in [0.3, 0.4) is 0 Å². The number of benzene rings is 1. The summed E-state index contributed by atoms with van der Waals surface area (Å²) in [4.78, 5) is 23.7. The molecule has 3 nitrogen and oxygen atoms in total. The van der Waals surface area contributed by atoms with Gasteiger partial charge in [-0.25, -0.2) is 4.79 Å². The van der Waals surface area contributed by atoms with Gasteiger partial charge in [-0.1, -0.05) is 36.4 Å². The van der Waals surface area contributed by atoms with Crippen molar-refractivity contribution in [2.75, 3.05) is 7.11 Å². The van der Waals surface area contributed by atoms with Crippen molar-refractivity contribution in [1.29, 1.82) is 0 Å². The molecular formula is C17H14O3S. The van der Waals surface area contributed by atoms with Crippen LogP contribution in [0.15, 0.2) is 65.6 Å². The van der Waals surface area contributed by atoms with Crippen LogP contribution in [-0.2, 0) is 14.3 Å². The zero-order valence-electron chi connectivity index (χ0n) is 11.5. The van der Waals surface area contributed by atoms with E-state index in [-0.39, 0.29) is 0 Å². The van der Waals surface area contributed by atoms with Crippen LogP contribution in [0.25, 0.3) is 5.57 Å². The minimum Gasteiger partial charge on any atom is -0.466 e. The monoisotopic (exact) mass is 298 g/mol. The number of rotatable bonds is 5. The summed E-state index contributed by atoms with van der Waals surface area (Å²) in [7, 11) is 1.30. The van der Waals surface area contributed by atoms with E-state index < -0.39 is 5.97 Å². The van der Waals surface area contributed by atoms with Crippen molar-refractivity contribution in [2.45, 2.75) is 0 Å². The zero-order chi connectivity index (χ0) is 15.1. The maximum atomic E-state index is 11.5. The van der Waals surface area contributed by atoms with Gasteiger partial charge in [-0.2, -0.15) is 0 Å². The lowest BCUT2D eigenvalue weighted by Gasteiger charge is -2.08. The molecule has 0 spiro atoms. The molecular weight excluding hydrogens is 284 g/mol. The number of aldehydes is 1. The van der Waals surface area contributed by atoms with Crippen LogP contribution >= 0.6 is 11.3 Å². The zero-order valence-corrected chi connectivity index (χ0v) is 12.3. The Morgan fingerprint density at radius 2 is 1.86 bits per heavy atom. The van der Waals surface area contributed by atoms with Crippen LogP contribution < -0.4 is 0 Å². The molecule has 0 aliphatic rings. The Hall–Kier alpha value is -2.46. The number of hydrogen-bond donors (Lipinski definition) is 0. The Labute approximate surface area is 127 Å². The fourth-order valence-electron chi connectivity index (χ4n) is 1.88. The molecule has 4 heteroatoms. The first-order valence-electron chi connectivity index (χ1n) is 6.31. The summed E-state index contributed by atoms with van der Waals surface area (Å²) >= 11 is 1.54. The van der Waals surface area contributed by atoms with Crippen molar-refractivity contribution >= 4 is 29.2 Å². The molecule has 2 rings (SSSR count). The van der Waals surface area contributed by atoms with Crippen LogP contribution in [0, 0.1) is 0 Å². The average molecular weight is 298 g/mol. The number of carbonyl (C=O) groups is 2. The van der Waals surface area contributed by atoms with E-state index in [1.807, 2.05) is 47.8 Å². The van der Waals surface area contributed by atoms with Crippen LogP contribution in [0.2, 0.25) is 0 Å². The molecule has 1 heterocycles. The molecule has 0 amide bonds. The summed E-state index contributed by atoms with van der Waals surface area (Å²) < 4.78 is 4.56. The molecule has 0 saturated heterocycles. The van der Waals surface area contributed by atoms with E-state index in [9.17, 15) is 9.59 Å². The Kier molecular flexibility index (Phi) is 5.23. The summed E-state index contributed by atoms with van der Waals surface area (Å²) in [5.74, 6) is -0.493. The topological polar surface area (TPSA) is 43.4 Å². The molecule has 21 heavy (non-hydrogen) atoms. The summed E-state index contributed by atoms with van der Waals surface area (Å²) in [5.41, 5.74) is 2.17. The van der Waals surface area contributed by atoms with Gasteiger partial charge < -0.3 is 4.74 Å². The van der Waals surface area contributed by atoms with E-state index >= 15 is 0 Å². The fourth-order valence-corrected chi connectivity index (χ4v) is 2.70. The van der Waals surface area contributed by atoms with E-state index in [2.05, 4.69) is 4.74 Å². The number of allylic oxidation sites excluding steroid dienone is 2. The van der Waals surface area contributed by atoms with Gasteiger partial charge in [0.2, 0.25) is 0 Å². The molecule has 0 N–H and O–H groups in total. The Morgan fingerprint density at radius 3 is 2.43 bits per heavy atom. The first kappa shape index (κ1) is 14.9. The number of esters is 1. The molecule has 0 saturated carbocycles. The van der Waals surface area contributed by atoms with Gasteiger partial charge >= 0.3 is 5.97 Å². The molecule has 0 unspecified atom stereocenters. The third kappa shape index (κ3) is 3.77. The van der Waals surface area contributed by atoms with Gasteiger partial charge in [-0.3, -0.25) is 4.79 Å². The van der Waals surface area contributed by atoms with Crippen molar-refractivity contribution in [3.05, 3.63) is 76.0 Å². The minimum atomic E-state index is -0.493. The number of ether oxygens (including phenoxy) is 1. The number of methoxy groups -OCH3 is 1. The second kappa shape index (κ2) is 7.36. The second-order valence-corrected chi connectivity index (χ2v) is 5.10. The van der Waals surface area contributed by atoms with Gasteiger partial charge in [-0.05, 0) is 23.1 Å². The first-order chi connectivity index (χ1) is 10.3. The van der Waals surface area contributed by atoms with Gasteiger partial charge in [0.05, 0.1) is 7.11 Å². The van der Waals surface area contributed by atoms with E-state index in [0.29, 0.717) is 5.57 Å². The molecule has 106 valence electrons. The minimum absolute atomic E-state index is 0.439. The van der Waals surface area contributed by atoms with Crippen LogP contribution in [-0.4, -0.2) is 19.4 Å². The number of thiophene rings is 1. The van der Waals surface area contributed by atoms with Gasteiger partial charge in [0.1, 0.15) is 0 Å². The van der Waals surface area contributed by atoms with Crippen molar-refractivity contribution < 1.29 is 14.3 Å². The summed E-state index contributed by atoms with van der Waals surface area (Å²) in [6.45, 7) is 0. The smallest absolute Gasteiger partial charge is 0.330 e. The van der Waals surface area contributed by atoms with Crippen molar-refractivity contribution in [3.8, 4) is 0 Å².